The summed E-state index contributed by atoms with van der Waals surface area (Å²) in [5, 5.41) is 0. The van der Waals surface area contributed by atoms with Gasteiger partial charge in [-0.1, -0.05) is 92.2 Å². The molecular formula is C27H31N. The van der Waals surface area contributed by atoms with E-state index in [2.05, 4.69) is 106 Å². The molecule has 28 heavy (non-hydrogen) atoms. The zero-order valence-electron chi connectivity index (χ0n) is 17.6. The highest BCUT2D eigenvalue weighted by atomic mass is 15.1. The Labute approximate surface area is 170 Å². The average molecular weight is 370 g/mol. The van der Waals surface area contributed by atoms with Crippen LogP contribution in [0.3, 0.4) is 0 Å². The van der Waals surface area contributed by atoms with E-state index in [1.807, 2.05) is 0 Å². The summed E-state index contributed by atoms with van der Waals surface area (Å²) in [6.07, 6.45) is 1.23. The van der Waals surface area contributed by atoms with E-state index in [1.54, 1.807) is 0 Å². The van der Waals surface area contributed by atoms with Gasteiger partial charge in [-0.2, -0.15) is 0 Å². The minimum absolute atomic E-state index is 0.278. The van der Waals surface area contributed by atoms with Crippen LogP contribution in [0, 0.1) is 12.8 Å². The Kier molecular flexibility index (Phi) is 5.12. The fourth-order valence-corrected chi connectivity index (χ4v) is 4.50. The number of hydrogen-bond acceptors (Lipinski definition) is 1. The summed E-state index contributed by atoms with van der Waals surface area (Å²) in [6, 6.07) is 27.0. The van der Waals surface area contributed by atoms with Crippen LogP contribution in [0.2, 0.25) is 0 Å². The lowest BCUT2D eigenvalue weighted by Gasteiger charge is -2.44. The van der Waals surface area contributed by atoms with Crippen LogP contribution in [0.5, 0.6) is 0 Å². The number of piperidine rings is 1. The van der Waals surface area contributed by atoms with E-state index in [-0.39, 0.29) is 5.41 Å². The third-order valence-corrected chi connectivity index (χ3v) is 6.83. The predicted octanol–water partition coefficient (Wildman–Crippen LogP) is 6.56. The maximum atomic E-state index is 2.45. The minimum atomic E-state index is 0.278. The average Bonchev–Trinajstić information content (AvgIpc) is 2.72. The van der Waals surface area contributed by atoms with Crippen molar-refractivity contribution in [1.29, 1.82) is 0 Å². The molecule has 0 saturated carbocycles. The van der Waals surface area contributed by atoms with Gasteiger partial charge in [-0.25, -0.2) is 0 Å². The van der Waals surface area contributed by atoms with Crippen molar-refractivity contribution in [3.63, 3.8) is 0 Å². The number of benzene rings is 3. The molecular weight excluding hydrogens is 338 g/mol. The maximum absolute atomic E-state index is 2.45. The zero-order valence-corrected chi connectivity index (χ0v) is 17.6. The predicted molar refractivity (Wildman–Crippen MR) is 121 cm³/mol. The Bertz CT molecular complexity index is 922. The van der Waals surface area contributed by atoms with Gasteiger partial charge in [0, 0.05) is 6.54 Å². The van der Waals surface area contributed by atoms with Crippen LogP contribution in [0.1, 0.15) is 31.4 Å². The summed E-state index contributed by atoms with van der Waals surface area (Å²) >= 11 is 0. The molecule has 1 aliphatic heterocycles. The second kappa shape index (κ2) is 7.56. The summed E-state index contributed by atoms with van der Waals surface area (Å²) in [4.78, 5) is 2.45. The molecule has 1 fully saturated rings. The molecule has 0 aliphatic carbocycles. The maximum Gasteiger partial charge on any atom is 0.00124 e. The molecule has 1 saturated heterocycles. The van der Waals surface area contributed by atoms with Crippen LogP contribution >= 0.6 is 0 Å². The van der Waals surface area contributed by atoms with Gasteiger partial charge in [-0.15, -0.1) is 0 Å². The molecule has 0 spiro atoms. The van der Waals surface area contributed by atoms with E-state index in [1.165, 1.54) is 52.9 Å². The monoisotopic (exact) mass is 369 g/mol. The van der Waals surface area contributed by atoms with Crippen LogP contribution in [0.4, 0.5) is 0 Å². The van der Waals surface area contributed by atoms with Gasteiger partial charge in [-0.3, -0.25) is 0 Å². The van der Waals surface area contributed by atoms with Crippen LogP contribution in [0.15, 0.2) is 72.8 Å². The fraction of sp³-hybridized carbons (Fsp3) is 0.333. The van der Waals surface area contributed by atoms with Crippen LogP contribution in [-0.2, 0) is 5.41 Å². The van der Waals surface area contributed by atoms with E-state index >= 15 is 0 Å². The smallest absolute Gasteiger partial charge is 0.00124 e. The lowest BCUT2D eigenvalue weighted by atomic mass is 9.68. The molecule has 144 valence electrons. The highest BCUT2D eigenvalue weighted by Crippen LogP contribution is 2.39. The first-order valence-corrected chi connectivity index (χ1v) is 10.4. The molecule has 0 aromatic heterocycles. The van der Waals surface area contributed by atoms with Gasteiger partial charge >= 0.3 is 0 Å². The summed E-state index contributed by atoms with van der Waals surface area (Å²) in [6.45, 7) is 9.33. The van der Waals surface area contributed by atoms with Gasteiger partial charge in [0.25, 0.3) is 0 Å². The first kappa shape index (κ1) is 19.0. The van der Waals surface area contributed by atoms with Crippen molar-refractivity contribution < 1.29 is 0 Å². The van der Waals surface area contributed by atoms with Crippen LogP contribution < -0.4 is 0 Å². The van der Waals surface area contributed by atoms with Crippen molar-refractivity contribution in [2.24, 2.45) is 5.92 Å². The lowest BCUT2D eigenvalue weighted by Crippen LogP contribution is -2.45. The zero-order chi connectivity index (χ0) is 19.7. The SMILES string of the molecule is Cc1ccc(-c2ccc(-c3ccc([C@@]4(C)CCN(C)CC4C)cc3)cc2)cc1. The Morgan fingerprint density at radius 1 is 0.750 bits per heavy atom. The summed E-state index contributed by atoms with van der Waals surface area (Å²) in [5.74, 6) is 0.672. The minimum Gasteiger partial charge on any atom is -0.306 e. The molecule has 0 radical (unpaired) electrons. The number of nitrogens with zero attached hydrogens (tertiary/aromatic N) is 1. The molecule has 1 heteroatoms. The fourth-order valence-electron chi connectivity index (χ4n) is 4.50. The first-order valence-electron chi connectivity index (χ1n) is 10.4. The molecule has 0 N–H and O–H groups in total. The van der Waals surface area contributed by atoms with Crippen molar-refractivity contribution in [1.82, 2.24) is 4.90 Å². The molecule has 3 aromatic rings. The molecule has 4 rings (SSSR count). The van der Waals surface area contributed by atoms with E-state index in [4.69, 9.17) is 0 Å². The van der Waals surface area contributed by atoms with Gasteiger partial charge in [0.1, 0.15) is 0 Å². The quantitative estimate of drug-likeness (QED) is 0.505. The molecule has 0 amide bonds. The Morgan fingerprint density at radius 2 is 1.18 bits per heavy atom. The lowest BCUT2D eigenvalue weighted by molar-refractivity contribution is 0.134. The van der Waals surface area contributed by atoms with Crippen LogP contribution in [-0.4, -0.2) is 25.0 Å². The van der Waals surface area contributed by atoms with Crippen molar-refractivity contribution >= 4 is 0 Å². The molecule has 3 aromatic carbocycles. The normalized spacial score (nSPS) is 22.9. The second-order valence-electron chi connectivity index (χ2n) is 8.85. The summed E-state index contributed by atoms with van der Waals surface area (Å²) in [5.41, 5.74) is 8.18. The van der Waals surface area contributed by atoms with Crippen molar-refractivity contribution in [3.05, 3.63) is 83.9 Å². The van der Waals surface area contributed by atoms with Gasteiger partial charge in [-0.05, 0) is 66.1 Å². The Hall–Kier alpha value is -2.38. The third-order valence-electron chi connectivity index (χ3n) is 6.83. The summed E-state index contributed by atoms with van der Waals surface area (Å²) < 4.78 is 0. The van der Waals surface area contributed by atoms with Crippen LogP contribution in [0.25, 0.3) is 22.3 Å². The first-order chi connectivity index (χ1) is 13.5. The van der Waals surface area contributed by atoms with Gasteiger partial charge in [0.2, 0.25) is 0 Å². The molecule has 0 bridgehead atoms. The number of aryl methyl sites for hydroxylation is 1. The topological polar surface area (TPSA) is 3.24 Å². The highest BCUT2D eigenvalue weighted by molar-refractivity contribution is 5.70. The largest absolute Gasteiger partial charge is 0.306 e. The van der Waals surface area contributed by atoms with E-state index in [9.17, 15) is 0 Å². The Morgan fingerprint density at radius 3 is 1.64 bits per heavy atom. The van der Waals surface area contributed by atoms with E-state index in [0.717, 1.165) is 0 Å². The van der Waals surface area contributed by atoms with Gasteiger partial charge < -0.3 is 4.90 Å². The molecule has 1 unspecified atom stereocenters. The number of likely N-dealkylation sites (tertiary alicyclic amines) is 1. The highest BCUT2D eigenvalue weighted by Gasteiger charge is 2.36. The standard InChI is InChI=1S/C27H31N/c1-20-5-7-22(8-6-20)23-9-11-24(12-10-23)25-13-15-26(16-14-25)27(3)17-18-28(4)19-21(27)2/h5-16,21H,17-19H2,1-4H3/t21?,27-/m0/s1. The molecule has 1 nitrogen and oxygen atoms in total. The van der Waals surface area contributed by atoms with Gasteiger partial charge in [0.05, 0.1) is 0 Å². The van der Waals surface area contributed by atoms with Gasteiger partial charge in [0.15, 0.2) is 0 Å². The van der Waals surface area contributed by atoms with E-state index in [0.29, 0.717) is 5.92 Å². The third kappa shape index (κ3) is 3.64. The number of hydrogen-bond donors (Lipinski definition) is 0. The molecule has 1 aliphatic rings. The number of rotatable bonds is 3. The summed E-state index contributed by atoms with van der Waals surface area (Å²) in [7, 11) is 2.24. The van der Waals surface area contributed by atoms with Crippen molar-refractivity contribution in [2.45, 2.75) is 32.6 Å². The molecule has 1 heterocycles. The second-order valence-corrected chi connectivity index (χ2v) is 8.85. The molecule has 2 atom stereocenters. The van der Waals surface area contributed by atoms with Crippen molar-refractivity contribution in [3.8, 4) is 22.3 Å². The van der Waals surface area contributed by atoms with E-state index < -0.39 is 0 Å². The van der Waals surface area contributed by atoms with Crippen molar-refractivity contribution in [2.75, 3.05) is 20.1 Å². The Balaban J connectivity index is 1.55.